The Kier molecular flexibility index (Phi) is 18.0. The monoisotopic (exact) mass is 1510 g/mol. The highest BCUT2D eigenvalue weighted by atomic mass is 16.3. The highest BCUT2D eigenvalue weighted by Crippen LogP contribution is 2.42. The van der Waals surface area contributed by atoms with E-state index in [-0.39, 0.29) is 0 Å². The lowest BCUT2D eigenvalue weighted by atomic mass is 9.95. The van der Waals surface area contributed by atoms with Crippen LogP contribution in [0.5, 0.6) is 0 Å². The van der Waals surface area contributed by atoms with E-state index in [0.717, 1.165) is 166 Å². The number of rotatable bonds is 14. The third-order valence-corrected chi connectivity index (χ3v) is 21.7. The van der Waals surface area contributed by atoms with E-state index >= 15 is 0 Å². The average molecular weight is 1510 g/mol. The summed E-state index contributed by atoms with van der Waals surface area (Å²) in [5, 5.41) is 2.98. The molecule has 0 atom stereocenters. The van der Waals surface area contributed by atoms with Gasteiger partial charge in [0.15, 0.2) is 34.9 Å². The van der Waals surface area contributed by atoms with Gasteiger partial charge in [0.05, 0.1) is 27.5 Å². The summed E-state index contributed by atoms with van der Waals surface area (Å²) in [4.78, 5) is 48.8. The minimum atomic E-state index is 0.557. The smallest absolute Gasteiger partial charge is 0.246 e. The number of aromatic nitrogens is 10. The van der Waals surface area contributed by atoms with Crippen LogP contribution in [0.2, 0.25) is 0 Å². The molecular formula is C106H66N10O2. The fourth-order valence-electron chi connectivity index (χ4n) is 15.5. The molecule has 0 saturated carbocycles. The molecule has 0 aliphatic heterocycles. The van der Waals surface area contributed by atoms with Crippen molar-refractivity contribution in [2.24, 2.45) is 0 Å². The lowest BCUT2D eigenvalue weighted by Gasteiger charge is -2.10. The quantitative estimate of drug-likeness (QED) is 0.102. The van der Waals surface area contributed by atoms with Crippen LogP contribution in [0, 0.1) is 0 Å². The number of pyridine rings is 2. The van der Waals surface area contributed by atoms with Crippen molar-refractivity contribution < 1.29 is 8.83 Å². The molecule has 0 saturated heterocycles. The molecule has 0 aliphatic carbocycles. The van der Waals surface area contributed by atoms with Gasteiger partial charge in [0.25, 0.3) is 0 Å². The Morgan fingerprint density at radius 3 is 0.847 bits per heavy atom. The third kappa shape index (κ3) is 13.8. The zero-order chi connectivity index (χ0) is 78.2. The van der Waals surface area contributed by atoms with Crippen LogP contribution in [-0.2, 0) is 0 Å². The largest absolute Gasteiger partial charge is 0.438 e. The summed E-state index contributed by atoms with van der Waals surface area (Å²) in [6.45, 7) is 0. The Morgan fingerprint density at radius 1 is 0.169 bits per heavy atom. The second kappa shape index (κ2) is 30.4. The Hall–Kier alpha value is -16.2. The Morgan fingerprint density at radius 2 is 0.449 bits per heavy atom. The van der Waals surface area contributed by atoms with Crippen LogP contribution in [0.3, 0.4) is 0 Å². The van der Waals surface area contributed by atoms with E-state index in [1.165, 1.54) is 11.1 Å². The molecule has 0 bridgehead atoms. The molecule has 0 fully saturated rings. The number of para-hydroxylation sites is 3. The SMILES string of the molecule is c1ccc(-c2ccc(-c3nc(-c4ccccc4)nc(-c4ccc(-c5ccc(-c6ccc(-c7c8ncccc8nc8oc9ccccc9c78)cc6)cc5)cc4)n3)cc2)cc1.c1ccc(-c2ccc(-c3nc(-c4ccccc4)nc(-c4ccc(-c5ccc(-c6ccc(-c7ccc8c(c7)oc7nc9ccccc9nc78)cc6)cc5)cc4)n3)cc2)cc1. The predicted molar refractivity (Wildman–Crippen MR) is 477 cm³/mol. The summed E-state index contributed by atoms with van der Waals surface area (Å²) >= 11 is 0. The molecule has 12 nitrogen and oxygen atoms in total. The standard InChI is InChI=1S/2C53H33N5O/c1-3-10-34(11-4-1)35-23-29-42(30-24-35)51-56-50(41-12-5-2-6-13-41)57-52(58-51)43-31-25-39(26-32-43)37-19-17-36(18-20-37)38-21-27-40(28-22-38)47-48-44-14-7-8-16-46(44)59-53(48)55-45-15-9-33-54-49(45)47;1-3-9-34(10-4-1)35-23-27-42(28-24-35)51-56-50(41-11-5-2-6-12-41)57-52(58-51)43-29-25-39(26-30-43)37-17-15-36(16-18-37)38-19-21-40(22-20-38)44-31-32-45-48(33-44)59-53-49(45)54-46-13-7-8-14-47(46)55-53/h2*1-33H. The van der Waals surface area contributed by atoms with Gasteiger partial charge in [-0.1, -0.05) is 352 Å². The first-order valence-electron chi connectivity index (χ1n) is 39.1. The second-order valence-electron chi connectivity index (χ2n) is 29.0. The van der Waals surface area contributed by atoms with Crippen LogP contribution < -0.4 is 0 Å². The van der Waals surface area contributed by atoms with Gasteiger partial charge in [0.2, 0.25) is 11.4 Å². The normalized spacial score (nSPS) is 11.4. The maximum absolute atomic E-state index is 6.20. The molecule has 0 amide bonds. The fraction of sp³-hybridized carbons (Fsp3) is 0. The number of benzene rings is 15. The first kappa shape index (κ1) is 69.7. The molecule has 22 aromatic rings. The molecule has 118 heavy (non-hydrogen) atoms. The van der Waals surface area contributed by atoms with Crippen LogP contribution in [0.25, 0.3) is 224 Å². The average Bonchev–Trinajstić information content (AvgIpc) is 1.66. The Balaban J connectivity index is 0.000000147. The summed E-state index contributed by atoms with van der Waals surface area (Å²) in [5.41, 5.74) is 30.5. The number of fused-ring (bicyclic) bond motifs is 8. The molecule has 7 aromatic heterocycles. The highest BCUT2D eigenvalue weighted by Gasteiger charge is 2.22. The third-order valence-electron chi connectivity index (χ3n) is 21.7. The highest BCUT2D eigenvalue weighted by molar-refractivity contribution is 6.17. The summed E-state index contributed by atoms with van der Waals surface area (Å²) < 4.78 is 12.4. The molecule has 7 heterocycles. The van der Waals surface area contributed by atoms with E-state index in [4.69, 9.17) is 58.7 Å². The van der Waals surface area contributed by atoms with E-state index in [1.54, 1.807) is 0 Å². The minimum absolute atomic E-state index is 0.557. The van der Waals surface area contributed by atoms with Crippen molar-refractivity contribution in [3.63, 3.8) is 0 Å². The number of nitrogens with zero attached hydrogens (tertiary/aromatic N) is 10. The molecule has 552 valence electrons. The molecule has 22 rings (SSSR count). The summed E-state index contributed by atoms with van der Waals surface area (Å²) in [5.74, 6) is 3.81. The molecule has 0 N–H and O–H groups in total. The van der Waals surface area contributed by atoms with Crippen LogP contribution in [0.4, 0.5) is 0 Å². The number of hydrogen-bond acceptors (Lipinski definition) is 12. The molecule has 15 aromatic carbocycles. The maximum Gasteiger partial charge on any atom is 0.246 e. The van der Waals surface area contributed by atoms with Gasteiger partial charge in [0, 0.05) is 55.9 Å². The molecule has 0 aliphatic rings. The molecular weight excluding hydrogens is 1450 g/mol. The van der Waals surface area contributed by atoms with E-state index in [1.807, 2.05) is 134 Å². The fourth-order valence-corrected chi connectivity index (χ4v) is 15.5. The first-order valence-corrected chi connectivity index (χ1v) is 39.1. The van der Waals surface area contributed by atoms with Crippen molar-refractivity contribution in [1.82, 2.24) is 49.8 Å². The van der Waals surface area contributed by atoms with E-state index in [0.29, 0.717) is 46.4 Å². The van der Waals surface area contributed by atoms with Gasteiger partial charge in [-0.05, 0) is 126 Å². The Bertz CT molecular complexity index is 7440. The lowest BCUT2D eigenvalue weighted by Crippen LogP contribution is -2.00. The van der Waals surface area contributed by atoms with Crippen molar-refractivity contribution in [2.75, 3.05) is 0 Å². The van der Waals surface area contributed by atoms with Gasteiger partial charge >= 0.3 is 0 Å². The first-order chi connectivity index (χ1) is 58.4. The van der Waals surface area contributed by atoms with Crippen LogP contribution >= 0.6 is 0 Å². The summed E-state index contributed by atoms with van der Waals surface area (Å²) in [7, 11) is 0. The zero-order valence-corrected chi connectivity index (χ0v) is 63.4. The van der Waals surface area contributed by atoms with Gasteiger partial charge in [-0.2, -0.15) is 0 Å². The van der Waals surface area contributed by atoms with E-state index in [9.17, 15) is 0 Å². The van der Waals surface area contributed by atoms with E-state index in [2.05, 4.69) is 267 Å². The van der Waals surface area contributed by atoms with Gasteiger partial charge in [-0.15, -0.1) is 0 Å². The van der Waals surface area contributed by atoms with Crippen molar-refractivity contribution in [1.29, 1.82) is 0 Å². The number of hydrogen-bond donors (Lipinski definition) is 0. The maximum atomic E-state index is 6.20. The molecule has 0 radical (unpaired) electrons. The van der Waals surface area contributed by atoms with E-state index < -0.39 is 0 Å². The van der Waals surface area contributed by atoms with Gasteiger partial charge in [-0.25, -0.2) is 44.9 Å². The van der Waals surface area contributed by atoms with Crippen molar-refractivity contribution in [2.45, 2.75) is 0 Å². The number of furan rings is 2. The van der Waals surface area contributed by atoms with Gasteiger partial charge in [-0.3, -0.25) is 4.98 Å². The summed E-state index contributed by atoms with van der Waals surface area (Å²) in [6.07, 6.45) is 1.82. The van der Waals surface area contributed by atoms with Crippen LogP contribution in [0.15, 0.2) is 409 Å². The van der Waals surface area contributed by atoms with Crippen molar-refractivity contribution in [3.8, 4) is 157 Å². The Labute approximate surface area is 678 Å². The summed E-state index contributed by atoms with van der Waals surface area (Å²) in [6, 6.07) is 135. The van der Waals surface area contributed by atoms with Gasteiger partial charge < -0.3 is 8.83 Å². The zero-order valence-electron chi connectivity index (χ0n) is 63.4. The van der Waals surface area contributed by atoms with Gasteiger partial charge in [0.1, 0.15) is 16.7 Å². The van der Waals surface area contributed by atoms with Crippen LogP contribution in [0.1, 0.15) is 0 Å². The topological polar surface area (TPSA) is 155 Å². The van der Waals surface area contributed by atoms with Crippen LogP contribution in [-0.4, -0.2) is 49.8 Å². The minimum Gasteiger partial charge on any atom is -0.438 e. The predicted octanol–water partition coefficient (Wildman–Crippen LogP) is 26.8. The molecule has 0 spiro atoms. The lowest BCUT2D eigenvalue weighted by molar-refractivity contribution is 0.655. The van der Waals surface area contributed by atoms with Crippen molar-refractivity contribution in [3.05, 3.63) is 401 Å². The molecule has 0 unspecified atom stereocenters. The molecule has 12 heteroatoms. The second-order valence-corrected chi connectivity index (χ2v) is 29.0. The van der Waals surface area contributed by atoms with Crippen molar-refractivity contribution >= 4 is 66.3 Å².